The molecule has 0 aliphatic rings. The Bertz CT molecular complexity index is 1080. The first kappa shape index (κ1) is 26.6. The second-order valence-electron chi connectivity index (χ2n) is 7.03. The smallest absolute Gasteiger partial charge is 0.416 e. The summed E-state index contributed by atoms with van der Waals surface area (Å²) in [5.74, 6) is -3.15. The molecule has 6 nitrogen and oxygen atoms in total. The number of carbonyl (C=O) groups excluding carboxylic acids is 1. The number of alkyl halides is 3. The van der Waals surface area contributed by atoms with E-state index in [1.807, 2.05) is 0 Å². The summed E-state index contributed by atoms with van der Waals surface area (Å²) < 4.78 is 71.7. The van der Waals surface area contributed by atoms with Gasteiger partial charge in [0, 0.05) is 18.9 Å². The first-order chi connectivity index (χ1) is 16.0. The highest BCUT2D eigenvalue weighted by Gasteiger charge is 2.32. The predicted molar refractivity (Wildman–Crippen MR) is 115 cm³/mol. The molecule has 0 aliphatic heterocycles. The van der Waals surface area contributed by atoms with Crippen LogP contribution in [0.25, 0.3) is 11.5 Å². The van der Waals surface area contributed by atoms with Gasteiger partial charge in [0.1, 0.15) is 23.9 Å². The number of halogens is 5. The Labute approximate surface area is 193 Å². The minimum Gasteiger partial charge on any atom is -0.489 e. The van der Waals surface area contributed by atoms with Crippen molar-refractivity contribution in [2.45, 2.75) is 33.0 Å². The molecular weight excluding hydrogens is 459 g/mol. The van der Waals surface area contributed by atoms with Crippen LogP contribution in [0.4, 0.5) is 22.0 Å². The van der Waals surface area contributed by atoms with Gasteiger partial charge in [-0.1, -0.05) is 12.7 Å². The predicted octanol–water partition coefficient (Wildman–Crippen LogP) is 5.42. The average Bonchev–Trinajstić information content (AvgIpc) is 2.80. The van der Waals surface area contributed by atoms with Gasteiger partial charge in [0.2, 0.25) is 0 Å². The fraction of sp³-hybridized carbons (Fsp3) is 0.304. The third-order valence-electron chi connectivity index (χ3n) is 4.68. The summed E-state index contributed by atoms with van der Waals surface area (Å²) in [5, 5.41) is 0. The van der Waals surface area contributed by atoms with Gasteiger partial charge in [0.25, 0.3) is 5.91 Å². The number of rotatable bonds is 9. The summed E-state index contributed by atoms with van der Waals surface area (Å²) in [7, 11) is 0. The number of likely N-dealkylation sites (N-methyl/N-ethyl adjacent to an activating group) is 1. The van der Waals surface area contributed by atoms with E-state index in [0.29, 0.717) is 6.08 Å². The molecule has 0 aliphatic carbocycles. The van der Waals surface area contributed by atoms with Crippen LogP contribution in [0.5, 0.6) is 0 Å². The van der Waals surface area contributed by atoms with Gasteiger partial charge in [-0.3, -0.25) is 4.79 Å². The van der Waals surface area contributed by atoms with E-state index in [4.69, 9.17) is 4.74 Å². The van der Waals surface area contributed by atoms with Crippen molar-refractivity contribution >= 4 is 5.91 Å². The fourth-order valence-corrected chi connectivity index (χ4v) is 2.94. The molecule has 182 valence electrons. The number of pyridine rings is 1. The zero-order valence-corrected chi connectivity index (χ0v) is 18.7. The number of ether oxygens (including phenoxy) is 1. The van der Waals surface area contributed by atoms with E-state index in [2.05, 4.69) is 21.5 Å². The molecule has 0 saturated carbocycles. The Morgan fingerprint density at radius 2 is 1.91 bits per heavy atom. The van der Waals surface area contributed by atoms with Gasteiger partial charge in [-0.05, 0) is 39.0 Å². The second kappa shape index (κ2) is 11.5. The van der Waals surface area contributed by atoms with E-state index < -0.39 is 41.1 Å². The Balaban J connectivity index is 2.19. The Morgan fingerprint density at radius 3 is 2.47 bits per heavy atom. The van der Waals surface area contributed by atoms with Crippen LogP contribution in [0.2, 0.25) is 0 Å². The quantitative estimate of drug-likeness (QED) is 0.271. The first-order valence-corrected chi connectivity index (χ1v) is 10.2. The molecule has 0 radical (unpaired) electrons. The lowest BCUT2D eigenvalue weighted by Crippen LogP contribution is -2.41. The molecule has 2 aromatic rings. The monoisotopic (exact) mass is 482 g/mol. The van der Waals surface area contributed by atoms with Crippen LogP contribution in [0.15, 0.2) is 66.6 Å². The highest BCUT2D eigenvalue weighted by atomic mass is 19.4. The van der Waals surface area contributed by atoms with Crippen LogP contribution in [0.3, 0.4) is 0 Å². The third kappa shape index (κ3) is 6.69. The van der Waals surface area contributed by atoms with Crippen molar-refractivity contribution in [1.29, 1.82) is 0 Å². The maximum Gasteiger partial charge on any atom is 0.416 e. The van der Waals surface area contributed by atoms with Crippen molar-refractivity contribution in [2.75, 3.05) is 13.2 Å². The molecule has 0 fully saturated rings. The normalized spacial score (nSPS) is 13.4. The van der Waals surface area contributed by atoms with Crippen molar-refractivity contribution in [3.63, 3.8) is 0 Å². The summed E-state index contributed by atoms with van der Waals surface area (Å²) in [6, 6.07) is 1.90. The van der Waals surface area contributed by atoms with E-state index in [-0.39, 0.29) is 36.3 Å². The maximum absolute atomic E-state index is 14.2. The van der Waals surface area contributed by atoms with Crippen LogP contribution >= 0.6 is 0 Å². The lowest BCUT2D eigenvalue weighted by molar-refractivity contribution is -0.0885. The highest BCUT2D eigenvalue weighted by Crippen LogP contribution is 2.29. The maximum atomic E-state index is 14.2. The van der Waals surface area contributed by atoms with Crippen molar-refractivity contribution in [1.82, 2.24) is 19.9 Å². The number of nitrogens with zero attached hydrogens (tertiary/aromatic N) is 4. The van der Waals surface area contributed by atoms with Crippen LogP contribution in [-0.4, -0.2) is 51.1 Å². The molecule has 11 heteroatoms. The summed E-state index contributed by atoms with van der Waals surface area (Å²) >= 11 is 0. The number of allylic oxidation sites excluding steroid dienone is 4. The van der Waals surface area contributed by atoms with Gasteiger partial charge in [0.15, 0.2) is 11.7 Å². The van der Waals surface area contributed by atoms with E-state index >= 15 is 0 Å². The molecule has 0 spiro atoms. The van der Waals surface area contributed by atoms with Gasteiger partial charge in [0.05, 0.1) is 23.4 Å². The molecule has 0 unspecified atom stereocenters. The van der Waals surface area contributed by atoms with Gasteiger partial charge in [-0.25, -0.2) is 23.7 Å². The molecule has 1 amide bonds. The zero-order chi connectivity index (χ0) is 25.5. The van der Waals surface area contributed by atoms with Gasteiger partial charge in [-0.15, -0.1) is 0 Å². The molecule has 0 bridgehead atoms. The molecule has 1 atom stereocenters. The van der Waals surface area contributed by atoms with Crippen molar-refractivity contribution in [3.05, 3.63) is 78.0 Å². The molecule has 2 rings (SSSR count). The number of amides is 1. The zero-order valence-electron chi connectivity index (χ0n) is 18.7. The number of aromatic nitrogens is 3. The molecule has 0 N–H and O–H groups in total. The Hall–Kier alpha value is -3.63. The largest absolute Gasteiger partial charge is 0.489 e. The Kier molecular flexibility index (Phi) is 8.99. The van der Waals surface area contributed by atoms with Crippen LogP contribution in [0.1, 0.15) is 31.1 Å². The Morgan fingerprint density at radius 1 is 1.26 bits per heavy atom. The van der Waals surface area contributed by atoms with Gasteiger partial charge >= 0.3 is 6.18 Å². The lowest BCUT2D eigenvalue weighted by atomic mass is 10.1. The van der Waals surface area contributed by atoms with Crippen LogP contribution < -0.4 is 0 Å². The lowest BCUT2D eigenvalue weighted by Gasteiger charge is -2.28. The molecule has 2 aromatic heterocycles. The van der Waals surface area contributed by atoms with E-state index in [1.54, 1.807) is 19.9 Å². The molecule has 34 heavy (non-hydrogen) atoms. The fourth-order valence-electron chi connectivity index (χ4n) is 2.94. The van der Waals surface area contributed by atoms with E-state index in [9.17, 15) is 26.7 Å². The molecular formula is C23H23F5N4O2. The topological polar surface area (TPSA) is 68.2 Å². The van der Waals surface area contributed by atoms with E-state index in [0.717, 1.165) is 19.2 Å². The summed E-state index contributed by atoms with van der Waals surface area (Å²) in [4.78, 5) is 26.6. The third-order valence-corrected chi connectivity index (χ3v) is 4.68. The second-order valence-corrected chi connectivity index (χ2v) is 7.03. The van der Waals surface area contributed by atoms with Crippen LogP contribution in [-0.2, 0) is 4.74 Å². The highest BCUT2D eigenvalue weighted by molar-refractivity contribution is 5.99. The minimum atomic E-state index is -4.73. The summed E-state index contributed by atoms with van der Waals surface area (Å²) in [6.45, 7) is 7.56. The van der Waals surface area contributed by atoms with Crippen LogP contribution in [0, 0.1) is 5.82 Å². The van der Waals surface area contributed by atoms with Gasteiger partial charge in [-0.2, -0.15) is 13.2 Å². The SMILES string of the molecule is C=C(OC[C@H](C)N(CC)C(=O)c1cc(F)cnc1-c1ncccn1)/C(F)=C\C(=C/C)C(F)(F)F. The standard InChI is InChI=1S/C23H23F5N4O2/c1-5-16(23(26,27)28)10-19(25)15(4)34-13-14(3)32(6-2)22(33)18-11-17(24)12-31-20(18)21-29-8-7-9-30-21/h5,7-12,14H,4,6,13H2,1-3H3/b16-5+,19-10+/t14-/m0/s1. The van der Waals surface area contributed by atoms with Gasteiger partial charge < -0.3 is 9.64 Å². The van der Waals surface area contributed by atoms with Crippen molar-refractivity contribution in [3.8, 4) is 11.5 Å². The average molecular weight is 482 g/mol. The van der Waals surface area contributed by atoms with E-state index in [1.165, 1.54) is 17.3 Å². The summed E-state index contributed by atoms with van der Waals surface area (Å²) in [5.41, 5.74) is -1.21. The number of carbonyl (C=O) groups is 1. The first-order valence-electron chi connectivity index (χ1n) is 10.2. The minimum absolute atomic E-state index is 0.0722. The summed E-state index contributed by atoms with van der Waals surface area (Å²) in [6.07, 6.45) is 0.0888. The van der Waals surface area contributed by atoms with Crippen molar-refractivity contribution < 1.29 is 31.5 Å². The molecule has 2 heterocycles. The molecule has 0 saturated heterocycles. The number of hydrogen-bond donors (Lipinski definition) is 0. The number of hydrogen-bond acceptors (Lipinski definition) is 5. The molecule has 0 aromatic carbocycles. The van der Waals surface area contributed by atoms with Crippen molar-refractivity contribution in [2.24, 2.45) is 0 Å².